The van der Waals surface area contributed by atoms with Crippen LogP contribution < -0.4 is 20.9 Å². The molecular weight excluding hydrogens is 368 g/mol. The molecule has 0 aliphatic heterocycles. The third-order valence-electron chi connectivity index (χ3n) is 3.96. The summed E-state index contributed by atoms with van der Waals surface area (Å²) in [7, 11) is 1.57. The van der Waals surface area contributed by atoms with Gasteiger partial charge in [0.2, 0.25) is 0 Å². The number of rotatable bonds is 5. The molecule has 28 heavy (non-hydrogen) atoms. The van der Waals surface area contributed by atoms with E-state index in [9.17, 15) is 18.4 Å². The predicted octanol–water partition coefficient (Wildman–Crippen LogP) is 3.83. The number of anilines is 2. The van der Waals surface area contributed by atoms with Gasteiger partial charge in [-0.1, -0.05) is 12.1 Å². The standard InChI is InChI=1S/C20H17F2N3O3/c1-28-15-7-4-13(5-8-15)12-25-10-2-3-18(19(25)26)24-20(27)23-17-9-6-14(21)11-16(17)22/h2-11H,12H2,1H3,(H2,23,24,27). The topological polar surface area (TPSA) is 72.4 Å². The monoisotopic (exact) mass is 385 g/mol. The zero-order valence-corrected chi connectivity index (χ0v) is 14.9. The Hall–Kier alpha value is -3.68. The lowest BCUT2D eigenvalue weighted by molar-refractivity contribution is 0.262. The van der Waals surface area contributed by atoms with E-state index in [1.54, 1.807) is 31.5 Å². The molecule has 2 aromatic carbocycles. The summed E-state index contributed by atoms with van der Waals surface area (Å²) in [6.45, 7) is 0.298. The Morgan fingerprint density at radius 1 is 1.04 bits per heavy atom. The van der Waals surface area contributed by atoms with E-state index in [0.717, 1.165) is 17.7 Å². The van der Waals surface area contributed by atoms with E-state index >= 15 is 0 Å². The van der Waals surface area contributed by atoms with Gasteiger partial charge in [-0.25, -0.2) is 13.6 Å². The van der Waals surface area contributed by atoms with Gasteiger partial charge in [0, 0.05) is 12.3 Å². The first-order chi connectivity index (χ1) is 13.5. The Labute approximate surface area is 159 Å². The number of carbonyl (C=O) groups excluding carboxylic acids is 1. The lowest BCUT2D eigenvalue weighted by Gasteiger charge is -2.11. The Morgan fingerprint density at radius 2 is 1.75 bits per heavy atom. The quantitative estimate of drug-likeness (QED) is 0.701. The summed E-state index contributed by atoms with van der Waals surface area (Å²) in [5, 5.41) is 4.62. The van der Waals surface area contributed by atoms with Crippen molar-refractivity contribution in [3.8, 4) is 5.75 Å². The van der Waals surface area contributed by atoms with E-state index in [1.165, 1.54) is 10.6 Å². The molecular formula is C20H17F2N3O3. The van der Waals surface area contributed by atoms with Gasteiger partial charge in [0.25, 0.3) is 5.56 Å². The van der Waals surface area contributed by atoms with Crippen LogP contribution in [0.3, 0.4) is 0 Å². The number of nitrogens with one attached hydrogen (secondary N) is 2. The van der Waals surface area contributed by atoms with E-state index in [2.05, 4.69) is 10.6 Å². The molecule has 0 fully saturated rings. The Balaban J connectivity index is 1.73. The number of benzene rings is 2. The van der Waals surface area contributed by atoms with Crippen molar-refractivity contribution in [2.45, 2.75) is 6.54 Å². The molecule has 0 saturated carbocycles. The SMILES string of the molecule is COc1ccc(Cn2cccc(NC(=O)Nc3ccc(F)cc3F)c2=O)cc1. The smallest absolute Gasteiger partial charge is 0.323 e. The Kier molecular flexibility index (Phi) is 5.69. The van der Waals surface area contributed by atoms with Gasteiger partial charge in [-0.3, -0.25) is 4.79 Å². The van der Waals surface area contributed by atoms with Gasteiger partial charge in [-0.05, 0) is 42.0 Å². The number of halogens is 2. The van der Waals surface area contributed by atoms with Crippen LogP contribution in [0, 0.1) is 11.6 Å². The molecule has 0 saturated heterocycles. The first-order valence-electron chi connectivity index (χ1n) is 8.31. The van der Waals surface area contributed by atoms with Crippen LogP contribution >= 0.6 is 0 Å². The summed E-state index contributed by atoms with van der Waals surface area (Å²) in [5.41, 5.74) is 0.273. The number of carbonyl (C=O) groups is 1. The highest BCUT2D eigenvalue weighted by Crippen LogP contribution is 2.15. The minimum Gasteiger partial charge on any atom is -0.497 e. The fourth-order valence-corrected chi connectivity index (χ4v) is 2.55. The van der Waals surface area contributed by atoms with Gasteiger partial charge in [-0.15, -0.1) is 0 Å². The van der Waals surface area contributed by atoms with Crippen molar-refractivity contribution in [1.82, 2.24) is 4.57 Å². The first-order valence-corrected chi connectivity index (χ1v) is 8.31. The lowest BCUT2D eigenvalue weighted by atomic mass is 10.2. The molecule has 144 valence electrons. The minimum atomic E-state index is -0.917. The highest BCUT2D eigenvalue weighted by molar-refractivity contribution is 5.99. The molecule has 1 heterocycles. The molecule has 2 N–H and O–H groups in total. The Morgan fingerprint density at radius 3 is 2.43 bits per heavy atom. The molecule has 8 heteroatoms. The van der Waals surface area contributed by atoms with Crippen LogP contribution in [0.1, 0.15) is 5.56 Å². The van der Waals surface area contributed by atoms with Crippen LogP contribution in [0.5, 0.6) is 5.75 Å². The van der Waals surface area contributed by atoms with Gasteiger partial charge in [0.1, 0.15) is 23.1 Å². The third-order valence-corrected chi connectivity index (χ3v) is 3.96. The Bertz CT molecular complexity index is 1050. The van der Waals surface area contributed by atoms with E-state index in [0.29, 0.717) is 18.4 Å². The van der Waals surface area contributed by atoms with Crippen molar-refractivity contribution in [1.29, 1.82) is 0 Å². The molecule has 1 aromatic heterocycles. The van der Waals surface area contributed by atoms with Crippen molar-refractivity contribution >= 4 is 17.4 Å². The van der Waals surface area contributed by atoms with Gasteiger partial charge in [0.15, 0.2) is 0 Å². The molecule has 0 aliphatic rings. The maximum Gasteiger partial charge on any atom is 0.323 e. The molecule has 0 atom stereocenters. The van der Waals surface area contributed by atoms with Crippen molar-refractivity contribution in [3.63, 3.8) is 0 Å². The average Bonchev–Trinajstić information content (AvgIpc) is 2.68. The molecule has 0 radical (unpaired) electrons. The van der Waals surface area contributed by atoms with Crippen molar-refractivity contribution < 1.29 is 18.3 Å². The number of nitrogens with zero attached hydrogens (tertiary/aromatic N) is 1. The van der Waals surface area contributed by atoms with Crippen LogP contribution in [0.15, 0.2) is 65.6 Å². The number of pyridine rings is 1. The predicted molar refractivity (Wildman–Crippen MR) is 102 cm³/mol. The fourth-order valence-electron chi connectivity index (χ4n) is 2.55. The van der Waals surface area contributed by atoms with Crippen LogP contribution in [0.4, 0.5) is 25.0 Å². The van der Waals surface area contributed by atoms with Crippen LogP contribution in [-0.4, -0.2) is 17.7 Å². The summed E-state index contributed by atoms with van der Waals surface area (Å²) in [4.78, 5) is 24.6. The van der Waals surface area contributed by atoms with Gasteiger partial charge < -0.3 is 19.9 Å². The summed E-state index contributed by atoms with van der Waals surface area (Å²) in [5.74, 6) is -0.968. The van der Waals surface area contributed by atoms with Crippen molar-refractivity contribution in [2.24, 2.45) is 0 Å². The normalized spacial score (nSPS) is 10.4. The molecule has 3 aromatic rings. The third kappa shape index (κ3) is 4.53. The number of hydrogen-bond donors (Lipinski definition) is 2. The second kappa shape index (κ2) is 8.34. The molecule has 2 amide bonds. The van der Waals surface area contributed by atoms with Crippen molar-refractivity contribution in [2.75, 3.05) is 17.7 Å². The molecule has 0 aliphatic carbocycles. The van der Waals surface area contributed by atoms with E-state index < -0.39 is 23.2 Å². The zero-order chi connectivity index (χ0) is 20.1. The molecule has 3 rings (SSSR count). The van der Waals surface area contributed by atoms with Gasteiger partial charge in [-0.2, -0.15) is 0 Å². The second-order valence-corrected chi connectivity index (χ2v) is 5.91. The lowest BCUT2D eigenvalue weighted by Crippen LogP contribution is -2.28. The first kappa shape index (κ1) is 19.1. The number of hydrogen-bond acceptors (Lipinski definition) is 3. The molecule has 0 bridgehead atoms. The number of aromatic nitrogens is 1. The summed E-state index contributed by atoms with van der Waals surface area (Å²) in [6, 6.07) is 12.2. The minimum absolute atomic E-state index is 0.0241. The number of methoxy groups -OCH3 is 1. The van der Waals surface area contributed by atoms with E-state index in [-0.39, 0.29) is 11.4 Å². The zero-order valence-electron chi connectivity index (χ0n) is 14.9. The number of amides is 2. The second-order valence-electron chi connectivity index (χ2n) is 5.91. The largest absolute Gasteiger partial charge is 0.497 e. The van der Waals surface area contributed by atoms with Crippen LogP contribution in [0.25, 0.3) is 0 Å². The molecule has 0 unspecified atom stereocenters. The summed E-state index contributed by atoms with van der Waals surface area (Å²) >= 11 is 0. The highest BCUT2D eigenvalue weighted by atomic mass is 19.1. The van der Waals surface area contributed by atoms with Crippen LogP contribution in [0.2, 0.25) is 0 Å². The van der Waals surface area contributed by atoms with Crippen molar-refractivity contribution in [3.05, 3.63) is 88.3 Å². The highest BCUT2D eigenvalue weighted by Gasteiger charge is 2.11. The van der Waals surface area contributed by atoms with E-state index in [1.807, 2.05) is 12.1 Å². The average molecular weight is 385 g/mol. The van der Waals surface area contributed by atoms with Gasteiger partial charge >= 0.3 is 6.03 Å². The maximum absolute atomic E-state index is 13.6. The number of urea groups is 1. The fraction of sp³-hybridized carbons (Fsp3) is 0.100. The van der Waals surface area contributed by atoms with Gasteiger partial charge in [0.05, 0.1) is 19.3 Å². The summed E-state index contributed by atoms with van der Waals surface area (Å²) < 4.78 is 33.1. The number of ether oxygens (including phenoxy) is 1. The van der Waals surface area contributed by atoms with Crippen LogP contribution in [-0.2, 0) is 6.54 Å². The molecule has 0 spiro atoms. The summed E-state index contributed by atoms with van der Waals surface area (Å²) in [6.07, 6.45) is 1.59. The maximum atomic E-state index is 13.6. The van der Waals surface area contributed by atoms with E-state index in [4.69, 9.17) is 4.74 Å². The molecule has 6 nitrogen and oxygen atoms in total.